The average molecular weight is 354 g/mol. The molecule has 2 aromatic heterocycles. The molecular weight excluding hydrogens is 335 g/mol. The Bertz CT molecular complexity index is 849. The highest BCUT2D eigenvalue weighted by molar-refractivity contribution is 5.90. The number of ether oxygens (including phenoxy) is 1. The summed E-state index contributed by atoms with van der Waals surface area (Å²) in [5, 5.41) is 3.16. The number of rotatable bonds is 2. The van der Waals surface area contributed by atoms with Gasteiger partial charge in [-0.05, 0) is 38.1 Å². The van der Waals surface area contributed by atoms with Crippen LogP contribution in [0.2, 0.25) is 0 Å². The predicted octanol–water partition coefficient (Wildman–Crippen LogP) is 1.94. The van der Waals surface area contributed by atoms with E-state index in [9.17, 15) is 4.39 Å². The third-order valence-corrected chi connectivity index (χ3v) is 5.54. The number of aliphatic imine (C=N–C) groups is 1. The van der Waals surface area contributed by atoms with E-state index >= 15 is 0 Å². The number of hydrogen-bond acceptors (Lipinski definition) is 7. The van der Waals surface area contributed by atoms with Crippen molar-refractivity contribution in [3.63, 3.8) is 0 Å². The highest BCUT2D eigenvalue weighted by atomic mass is 19.1. The fraction of sp³-hybridized carbons (Fsp3) is 0.444. The molecule has 0 aliphatic carbocycles. The summed E-state index contributed by atoms with van der Waals surface area (Å²) < 4.78 is 19.3. The van der Waals surface area contributed by atoms with Crippen molar-refractivity contribution in [2.45, 2.75) is 18.4 Å². The molecule has 0 unspecified atom stereocenters. The van der Waals surface area contributed by atoms with Gasteiger partial charge in [0.15, 0.2) is 0 Å². The lowest BCUT2D eigenvalue weighted by Crippen LogP contribution is -2.61. The minimum atomic E-state index is -0.516. The van der Waals surface area contributed by atoms with Crippen molar-refractivity contribution in [1.29, 1.82) is 0 Å². The minimum Gasteiger partial charge on any atom is -0.455 e. The van der Waals surface area contributed by atoms with Gasteiger partial charge in [0.05, 0.1) is 12.2 Å². The molecule has 1 spiro atoms. The van der Waals surface area contributed by atoms with Crippen molar-refractivity contribution in [3.8, 4) is 11.3 Å². The van der Waals surface area contributed by atoms with Crippen molar-refractivity contribution >= 4 is 11.8 Å². The van der Waals surface area contributed by atoms with Crippen LogP contribution in [0.25, 0.3) is 11.3 Å². The molecule has 7 nitrogen and oxygen atoms in total. The molecule has 2 bridgehead atoms. The molecule has 3 saturated heterocycles. The number of piperidine rings is 3. The van der Waals surface area contributed by atoms with Gasteiger partial charge in [-0.25, -0.2) is 19.9 Å². The first-order valence-corrected chi connectivity index (χ1v) is 8.87. The Morgan fingerprint density at radius 1 is 1.19 bits per heavy atom. The number of halogens is 1. The van der Waals surface area contributed by atoms with Crippen LogP contribution in [0, 0.1) is 11.9 Å². The van der Waals surface area contributed by atoms with E-state index in [0.29, 0.717) is 30.0 Å². The zero-order chi connectivity index (χ0) is 17.6. The molecule has 4 aliphatic rings. The summed E-state index contributed by atoms with van der Waals surface area (Å²) in [5.41, 5.74) is 1.20. The molecule has 6 rings (SSSR count). The van der Waals surface area contributed by atoms with E-state index in [1.54, 1.807) is 12.1 Å². The Morgan fingerprint density at radius 3 is 2.81 bits per heavy atom. The van der Waals surface area contributed by atoms with Crippen molar-refractivity contribution in [3.05, 3.63) is 36.7 Å². The highest BCUT2D eigenvalue weighted by Gasteiger charge is 2.51. The molecule has 134 valence electrons. The van der Waals surface area contributed by atoms with Gasteiger partial charge < -0.3 is 4.74 Å². The smallest absolute Gasteiger partial charge is 0.291 e. The van der Waals surface area contributed by atoms with E-state index in [1.807, 2.05) is 0 Å². The Labute approximate surface area is 150 Å². The van der Waals surface area contributed by atoms with Crippen LogP contribution in [0.5, 0.6) is 0 Å². The maximum absolute atomic E-state index is 13.0. The molecule has 0 saturated carbocycles. The number of fused-ring (bicyclic) bond motifs is 2. The largest absolute Gasteiger partial charge is 0.455 e. The summed E-state index contributed by atoms with van der Waals surface area (Å²) in [5.74, 6) is 0.649. The molecule has 8 heteroatoms. The van der Waals surface area contributed by atoms with Crippen molar-refractivity contribution in [2.75, 3.05) is 31.5 Å². The number of pyridine rings is 1. The molecule has 4 aliphatic heterocycles. The molecule has 6 heterocycles. The first kappa shape index (κ1) is 15.6. The van der Waals surface area contributed by atoms with Crippen LogP contribution < -0.4 is 5.32 Å². The molecule has 0 amide bonds. The molecule has 0 aromatic carbocycles. The van der Waals surface area contributed by atoms with Crippen molar-refractivity contribution in [2.24, 2.45) is 10.9 Å². The lowest BCUT2D eigenvalue weighted by molar-refractivity contribution is -0.0829. The Morgan fingerprint density at radius 2 is 2.08 bits per heavy atom. The third-order valence-electron chi connectivity index (χ3n) is 5.54. The molecule has 1 atom stereocenters. The van der Waals surface area contributed by atoms with Gasteiger partial charge in [-0.1, -0.05) is 0 Å². The summed E-state index contributed by atoms with van der Waals surface area (Å²) in [7, 11) is 0. The van der Waals surface area contributed by atoms with E-state index in [2.05, 4.69) is 30.2 Å². The van der Waals surface area contributed by atoms with Crippen LogP contribution >= 0.6 is 0 Å². The van der Waals surface area contributed by atoms with Crippen LogP contribution in [0.3, 0.4) is 0 Å². The number of hydrogen-bond donors (Lipinski definition) is 1. The SMILES string of the molecule is Fc1ccc(-c2cc(NC3=NC[C@@]4(CN5CCC4CC5)O3)ncn2)cn1. The second-order valence-electron chi connectivity index (χ2n) is 7.12. The number of aromatic nitrogens is 3. The van der Waals surface area contributed by atoms with Gasteiger partial charge >= 0.3 is 0 Å². The fourth-order valence-corrected chi connectivity index (χ4v) is 4.17. The van der Waals surface area contributed by atoms with Gasteiger partial charge in [0.2, 0.25) is 5.95 Å². The predicted molar refractivity (Wildman–Crippen MR) is 94.1 cm³/mol. The fourth-order valence-electron chi connectivity index (χ4n) is 4.17. The lowest BCUT2D eigenvalue weighted by Gasteiger charge is -2.50. The first-order valence-electron chi connectivity index (χ1n) is 8.87. The number of nitrogens with zero attached hydrogens (tertiary/aromatic N) is 5. The van der Waals surface area contributed by atoms with Gasteiger partial charge in [0.1, 0.15) is 17.7 Å². The van der Waals surface area contributed by atoms with Gasteiger partial charge in [-0.3, -0.25) is 10.2 Å². The number of amidine groups is 1. The van der Waals surface area contributed by atoms with E-state index in [4.69, 9.17) is 4.74 Å². The summed E-state index contributed by atoms with van der Waals surface area (Å²) in [4.78, 5) is 19.2. The van der Waals surface area contributed by atoms with E-state index < -0.39 is 5.95 Å². The molecular formula is C18H19FN6O. The second-order valence-corrected chi connectivity index (χ2v) is 7.12. The summed E-state index contributed by atoms with van der Waals surface area (Å²) in [6.45, 7) is 3.97. The second kappa shape index (κ2) is 5.98. The van der Waals surface area contributed by atoms with E-state index in [1.165, 1.54) is 44.5 Å². The topological polar surface area (TPSA) is 75.5 Å². The lowest BCUT2D eigenvalue weighted by atomic mass is 9.75. The van der Waals surface area contributed by atoms with Crippen LogP contribution in [-0.4, -0.2) is 57.7 Å². The Balaban J connectivity index is 1.31. The Kier molecular flexibility index (Phi) is 3.59. The van der Waals surface area contributed by atoms with Crippen LogP contribution in [0.15, 0.2) is 35.7 Å². The summed E-state index contributed by atoms with van der Waals surface area (Å²) in [6.07, 6.45) is 5.27. The van der Waals surface area contributed by atoms with E-state index in [0.717, 1.165) is 12.1 Å². The maximum atomic E-state index is 13.0. The molecule has 0 radical (unpaired) electrons. The minimum absolute atomic E-state index is 0.185. The number of anilines is 1. The number of nitrogens with one attached hydrogen (secondary N) is 1. The van der Waals surface area contributed by atoms with Crippen LogP contribution in [-0.2, 0) is 4.74 Å². The molecule has 26 heavy (non-hydrogen) atoms. The highest BCUT2D eigenvalue weighted by Crippen LogP contribution is 2.40. The monoisotopic (exact) mass is 354 g/mol. The summed E-state index contributed by atoms with van der Waals surface area (Å²) >= 11 is 0. The van der Waals surface area contributed by atoms with Crippen molar-refractivity contribution in [1.82, 2.24) is 19.9 Å². The zero-order valence-corrected chi connectivity index (χ0v) is 14.2. The quantitative estimate of drug-likeness (QED) is 0.831. The maximum Gasteiger partial charge on any atom is 0.291 e. The standard InChI is InChI=1S/C18H19FN6O/c19-15-2-1-12(8-20-15)14-7-16(23-11-22-14)24-17-21-9-18(26-17)10-25-5-3-13(18)4-6-25/h1-2,7-8,11,13H,3-6,9-10H2,(H,21,22,23,24)/t18-/m0/s1. The average Bonchev–Trinajstić information content (AvgIpc) is 3.05. The molecule has 3 fully saturated rings. The zero-order valence-electron chi connectivity index (χ0n) is 14.2. The normalized spacial score (nSPS) is 29.5. The van der Waals surface area contributed by atoms with Gasteiger partial charge in [0.25, 0.3) is 6.02 Å². The van der Waals surface area contributed by atoms with Crippen molar-refractivity contribution < 1.29 is 9.13 Å². The van der Waals surface area contributed by atoms with Crippen LogP contribution in [0.1, 0.15) is 12.8 Å². The first-order chi connectivity index (χ1) is 12.7. The molecule has 2 aromatic rings. The summed E-state index contributed by atoms with van der Waals surface area (Å²) in [6, 6.07) is 5.25. The molecule has 1 N–H and O–H groups in total. The van der Waals surface area contributed by atoms with Gasteiger partial charge in [0, 0.05) is 30.3 Å². The van der Waals surface area contributed by atoms with Crippen LogP contribution in [0.4, 0.5) is 10.2 Å². The van der Waals surface area contributed by atoms with E-state index in [-0.39, 0.29) is 5.60 Å². The van der Waals surface area contributed by atoms with Gasteiger partial charge in [-0.2, -0.15) is 4.39 Å². The van der Waals surface area contributed by atoms with Gasteiger partial charge in [-0.15, -0.1) is 0 Å². The third kappa shape index (κ3) is 2.70. The Hall–Kier alpha value is -2.61.